The summed E-state index contributed by atoms with van der Waals surface area (Å²) >= 11 is 0. The van der Waals surface area contributed by atoms with Gasteiger partial charge in [-0.2, -0.15) is 0 Å². The molecule has 1 amide bonds. The molecule has 2 heterocycles. The summed E-state index contributed by atoms with van der Waals surface area (Å²) in [7, 11) is 3.41. The maximum absolute atomic E-state index is 13.6. The molecule has 5 rings (SSSR count). The van der Waals surface area contributed by atoms with Crippen molar-refractivity contribution in [2.75, 3.05) is 11.9 Å². The predicted molar refractivity (Wildman–Crippen MR) is 135 cm³/mol. The number of hydrogen-bond acceptors (Lipinski definition) is 6. The van der Waals surface area contributed by atoms with Gasteiger partial charge >= 0.3 is 0 Å². The number of hydrogen-bond donors (Lipinski definition) is 3. The molecule has 2 atom stereocenters. The average molecular weight is 548 g/mol. The van der Waals surface area contributed by atoms with Gasteiger partial charge in [0.25, 0.3) is 5.91 Å². The molecule has 12 heteroatoms. The summed E-state index contributed by atoms with van der Waals surface area (Å²) in [5.74, 6) is -4.31. The zero-order chi connectivity index (χ0) is 28.3. The number of nitrogens with zero attached hydrogens (tertiary/aromatic N) is 4. The largest absolute Gasteiger partial charge is 0.474 e. The molecular weight excluding hydrogens is 515 g/mol. The zero-order valence-electron chi connectivity index (χ0n) is 22.2. The smallest absolute Gasteiger partial charge is 0.274 e. The fourth-order valence-corrected chi connectivity index (χ4v) is 6.13. The Morgan fingerprint density at radius 1 is 1.15 bits per heavy atom. The Kier molecular flexibility index (Phi) is 6.74. The SMILES string of the molecule is Cn1cnc(C2CC3CC(O)(c4cc(OCC(C)(C)O)nn4C)CC3C2)c1C(=O)Nc1cc(F)c(F)c(F)c1. The molecule has 3 N–H and O–H groups in total. The number of benzene rings is 1. The maximum atomic E-state index is 13.6. The molecule has 2 saturated carbocycles. The van der Waals surface area contributed by atoms with E-state index >= 15 is 0 Å². The number of nitrogens with one attached hydrogen (secondary N) is 1. The van der Waals surface area contributed by atoms with Crippen LogP contribution in [0.5, 0.6) is 5.88 Å². The lowest BCUT2D eigenvalue weighted by molar-refractivity contribution is 0.0261. The molecule has 0 bridgehead atoms. The number of fused-ring (bicyclic) bond motifs is 1. The molecular formula is C27H32F3N5O4. The fraction of sp³-hybridized carbons (Fsp3) is 0.519. The molecule has 2 fully saturated rings. The zero-order valence-corrected chi connectivity index (χ0v) is 22.2. The van der Waals surface area contributed by atoms with Gasteiger partial charge in [0.1, 0.15) is 17.9 Å². The number of carbonyl (C=O) groups is 1. The molecule has 2 aromatic heterocycles. The van der Waals surface area contributed by atoms with Crippen LogP contribution < -0.4 is 10.1 Å². The van der Waals surface area contributed by atoms with Gasteiger partial charge in [-0.3, -0.25) is 9.48 Å². The van der Waals surface area contributed by atoms with Crippen molar-refractivity contribution in [2.24, 2.45) is 25.9 Å². The van der Waals surface area contributed by atoms with Crippen LogP contribution in [0.4, 0.5) is 18.9 Å². The molecule has 39 heavy (non-hydrogen) atoms. The highest BCUT2D eigenvalue weighted by atomic mass is 19.2. The van der Waals surface area contributed by atoms with Crippen LogP contribution in [-0.2, 0) is 19.7 Å². The monoisotopic (exact) mass is 547 g/mol. The first kappa shape index (κ1) is 27.2. The number of rotatable bonds is 7. The Balaban J connectivity index is 1.29. The van der Waals surface area contributed by atoms with E-state index in [0.717, 1.165) is 12.1 Å². The summed E-state index contributed by atoms with van der Waals surface area (Å²) in [6.07, 6.45) is 3.97. The highest BCUT2D eigenvalue weighted by molar-refractivity contribution is 6.04. The summed E-state index contributed by atoms with van der Waals surface area (Å²) in [6.45, 7) is 3.34. The lowest BCUT2D eigenvalue weighted by atomic mass is 9.90. The van der Waals surface area contributed by atoms with E-state index in [0.29, 0.717) is 43.0 Å². The minimum atomic E-state index is -1.60. The highest BCUT2D eigenvalue weighted by Crippen LogP contribution is 2.57. The van der Waals surface area contributed by atoms with Crippen LogP contribution in [0.25, 0.3) is 0 Å². The van der Waals surface area contributed by atoms with Crippen LogP contribution in [0.3, 0.4) is 0 Å². The molecule has 2 aliphatic rings. The van der Waals surface area contributed by atoms with Gasteiger partial charge < -0.3 is 24.8 Å². The van der Waals surface area contributed by atoms with Gasteiger partial charge in [0.05, 0.1) is 23.3 Å². The first-order valence-electron chi connectivity index (χ1n) is 12.8. The van der Waals surface area contributed by atoms with Crippen LogP contribution in [0.1, 0.15) is 67.3 Å². The number of imidazole rings is 1. The number of anilines is 1. The second-order valence-electron chi connectivity index (χ2n) is 11.5. The maximum Gasteiger partial charge on any atom is 0.274 e. The molecule has 210 valence electrons. The molecule has 1 aromatic carbocycles. The van der Waals surface area contributed by atoms with Crippen LogP contribution in [0.15, 0.2) is 24.5 Å². The van der Waals surface area contributed by atoms with Crippen LogP contribution >= 0.6 is 0 Å². The minimum Gasteiger partial charge on any atom is -0.474 e. The van der Waals surface area contributed by atoms with Crippen LogP contribution in [-0.4, -0.2) is 47.7 Å². The fourth-order valence-electron chi connectivity index (χ4n) is 6.13. The highest BCUT2D eigenvalue weighted by Gasteiger charge is 2.51. The summed E-state index contributed by atoms with van der Waals surface area (Å²) in [5.41, 5.74) is -0.797. The first-order chi connectivity index (χ1) is 18.2. The van der Waals surface area contributed by atoms with E-state index in [1.54, 1.807) is 43.3 Å². The van der Waals surface area contributed by atoms with Gasteiger partial charge in [-0.1, -0.05) is 0 Å². The van der Waals surface area contributed by atoms with E-state index in [2.05, 4.69) is 15.4 Å². The Morgan fingerprint density at radius 3 is 2.36 bits per heavy atom. The quantitative estimate of drug-likeness (QED) is 0.388. The first-order valence-corrected chi connectivity index (χ1v) is 12.8. The van der Waals surface area contributed by atoms with E-state index in [1.807, 2.05) is 0 Å². The van der Waals surface area contributed by atoms with E-state index < -0.39 is 34.6 Å². The Labute approximate surface area is 223 Å². The van der Waals surface area contributed by atoms with E-state index in [4.69, 9.17) is 4.74 Å². The Hall–Kier alpha value is -3.38. The number of aryl methyl sites for hydroxylation is 2. The summed E-state index contributed by atoms with van der Waals surface area (Å²) in [6, 6.07) is 3.17. The van der Waals surface area contributed by atoms with Crippen molar-refractivity contribution in [3.8, 4) is 5.88 Å². The average Bonchev–Trinajstić information content (AvgIpc) is 3.57. The van der Waals surface area contributed by atoms with Crippen molar-refractivity contribution in [3.63, 3.8) is 0 Å². The summed E-state index contributed by atoms with van der Waals surface area (Å²) in [5, 5.41) is 28.3. The van der Waals surface area contributed by atoms with Gasteiger partial charge in [-0.15, -0.1) is 5.10 Å². The molecule has 0 radical (unpaired) electrons. The van der Waals surface area contributed by atoms with Crippen molar-refractivity contribution < 1.29 is 32.9 Å². The third kappa shape index (κ3) is 5.27. The molecule has 3 aromatic rings. The second kappa shape index (κ2) is 9.67. The van der Waals surface area contributed by atoms with E-state index in [-0.39, 0.29) is 35.7 Å². The topological polar surface area (TPSA) is 114 Å². The number of amides is 1. The number of ether oxygens (including phenoxy) is 1. The summed E-state index contributed by atoms with van der Waals surface area (Å²) in [4.78, 5) is 17.6. The van der Waals surface area contributed by atoms with E-state index in [9.17, 15) is 28.2 Å². The summed E-state index contributed by atoms with van der Waals surface area (Å²) < 4.78 is 49.4. The van der Waals surface area contributed by atoms with Crippen LogP contribution in [0.2, 0.25) is 0 Å². The second-order valence-corrected chi connectivity index (χ2v) is 11.5. The molecule has 0 aliphatic heterocycles. The number of aromatic nitrogens is 4. The van der Waals surface area contributed by atoms with Crippen molar-refractivity contribution >= 4 is 11.6 Å². The predicted octanol–water partition coefficient (Wildman–Crippen LogP) is 3.76. The molecule has 0 spiro atoms. The van der Waals surface area contributed by atoms with Gasteiger partial charge in [-0.25, -0.2) is 18.2 Å². The van der Waals surface area contributed by atoms with Crippen molar-refractivity contribution in [1.29, 1.82) is 0 Å². The lowest BCUT2D eigenvalue weighted by Gasteiger charge is -2.24. The van der Waals surface area contributed by atoms with Gasteiger partial charge in [-0.05, 0) is 51.4 Å². The molecule has 2 unspecified atom stereocenters. The van der Waals surface area contributed by atoms with Crippen LogP contribution in [0, 0.1) is 29.3 Å². The van der Waals surface area contributed by atoms with Gasteiger partial charge in [0, 0.05) is 43.9 Å². The van der Waals surface area contributed by atoms with Crippen molar-refractivity contribution in [1.82, 2.24) is 19.3 Å². The molecule has 2 aliphatic carbocycles. The molecule has 0 saturated heterocycles. The lowest BCUT2D eigenvalue weighted by Crippen LogP contribution is -2.28. The van der Waals surface area contributed by atoms with Crippen molar-refractivity contribution in [2.45, 2.75) is 56.7 Å². The minimum absolute atomic E-state index is 0.0367. The Morgan fingerprint density at radius 2 is 1.77 bits per heavy atom. The van der Waals surface area contributed by atoms with Gasteiger partial charge in [0.15, 0.2) is 17.5 Å². The third-order valence-electron chi connectivity index (χ3n) is 7.76. The van der Waals surface area contributed by atoms with Gasteiger partial charge in [0.2, 0.25) is 5.88 Å². The molecule has 9 nitrogen and oxygen atoms in total. The number of halogens is 3. The Bertz CT molecular complexity index is 1380. The van der Waals surface area contributed by atoms with Crippen molar-refractivity contribution in [3.05, 3.63) is 59.1 Å². The number of carbonyl (C=O) groups excluding carboxylic acids is 1. The normalized spacial score (nSPS) is 24.7. The van der Waals surface area contributed by atoms with E-state index in [1.165, 1.54) is 6.33 Å². The third-order valence-corrected chi connectivity index (χ3v) is 7.76. The number of aliphatic hydroxyl groups is 2. The standard InChI is InChI=1S/C27H32F3N5O4/c1-26(2,37)12-39-21-9-20(35(4)33-21)27(38)10-15-5-14(6-16(15)11-27)23-24(34(3)13-31-23)25(36)32-17-7-18(28)22(30)19(29)8-17/h7-9,13-16,37-38H,5-6,10-12H2,1-4H3,(H,32,36).